The highest BCUT2D eigenvalue weighted by Gasteiger charge is 2.32. The number of likely N-dealkylation sites (tertiary alicyclic amines) is 1. The molecule has 0 unspecified atom stereocenters. The molecule has 1 saturated heterocycles. The van der Waals surface area contributed by atoms with Crippen molar-refractivity contribution in [3.8, 4) is 0 Å². The smallest absolute Gasteiger partial charge is 0.318 e. The summed E-state index contributed by atoms with van der Waals surface area (Å²) in [5.74, 6) is 0.368. The molecule has 7 nitrogen and oxygen atoms in total. The molecular weight excluding hydrogens is 270 g/mol. The predicted octanol–water partition coefficient (Wildman–Crippen LogP) is 0.461. The number of hydrogen-bond acceptors (Lipinski definition) is 4. The van der Waals surface area contributed by atoms with Gasteiger partial charge in [0, 0.05) is 25.8 Å². The summed E-state index contributed by atoms with van der Waals surface area (Å²) in [6.07, 6.45) is 3.18. The van der Waals surface area contributed by atoms with Crippen molar-refractivity contribution < 1.29 is 9.59 Å². The van der Waals surface area contributed by atoms with Gasteiger partial charge in [0.2, 0.25) is 5.91 Å². The van der Waals surface area contributed by atoms with E-state index in [0.717, 1.165) is 17.8 Å². The Morgan fingerprint density at radius 3 is 3.00 bits per heavy atom. The maximum absolute atomic E-state index is 12.0. The lowest BCUT2D eigenvalue weighted by Crippen LogP contribution is -2.48. The van der Waals surface area contributed by atoms with Gasteiger partial charge in [0.15, 0.2) is 0 Å². The first kappa shape index (κ1) is 15.1. The van der Waals surface area contributed by atoms with Crippen LogP contribution in [0.2, 0.25) is 0 Å². The summed E-state index contributed by atoms with van der Waals surface area (Å²) in [6.45, 7) is 3.57. The van der Waals surface area contributed by atoms with Crippen molar-refractivity contribution in [3.05, 3.63) is 23.9 Å². The molecule has 0 aliphatic carbocycles. The summed E-state index contributed by atoms with van der Waals surface area (Å²) in [6, 6.07) is 3.13. The number of hydrogen-bond donors (Lipinski definition) is 3. The molecule has 7 heteroatoms. The minimum atomic E-state index is -0.476. The zero-order valence-electron chi connectivity index (χ0n) is 12.1. The van der Waals surface area contributed by atoms with Crippen molar-refractivity contribution >= 4 is 17.8 Å². The molecule has 4 N–H and O–H groups in total. The second-order valence-electron chi connectivity index (χ2n) is 5.08. The second kappa shape index (κ2) is 6.92. The van der Waals surface area contributed by atoms with Crippen molar-refractivity contribution in [2.45, 2.75) is 25.8 Å². The molecule has 3 amide bonds. The molecule has 0 spiro atoms. The van der Waals surface area contributed by atoms with Gasteiger partial charge in [0.25, 0.3) is 0 Å². The van der Waals surface area contributed by atoms with Gasteiger partial charge in [-0.05, 0) is 31.4 Å². The summed E-state index contributed by atoms with van der Waals surface area (Å²) in [5, 5.41) is 5.94. The average Bonchev–Trinajstić information content (AvgIpc) is 2.95. The fourth-order valence-corrected chi connectivity index (χ4v) is 2.43. The first-order valence-electron chi connectivity index (χ1n) is 7.09. The van der Waals surface area contributed by atoms with Crippen LogP contribution in [0.1, 0.15) is 18.4 Å². The summed E-state index contributed by atoms with van der Waals surface area (Å²) >= 11 is 0. The fourth-order valence-electron chi connectivity index (χ4n) is 2.43. The first-order chi connectivity index (χ1) is 10.1. The molecule has 1 aromatic rings. The van der Waals surface area contributed by atoms with Crippen LogP contribution in [-0.4, -0.2) is 47.5 Å². The number of primary amides is 1. The maximum Gasteiger partial charge on any atom is 0.318 e. The average molecular weight is 291 g/mol. The van der Waals surface area contributed by atoms with Gasteiger partial charge in [0.1, 0.15) is 11.9 Å². The lowest BCUT2D eigenvalue weighted by Gasteiger charge is -2.22. The molecule has 0 aromatic carbocycles. The lowest BCUT2D eigenvalue weighted by atomic mass is 10.2. The SMILES string of the molecule is Cc1cccnc1NCCNC(=O)N1CCC[C@@H]1C(N)=O. The third kappa shape index (κ3) is 3.84. The molecular formula is C14H21N5O2. The van der Waals surface area contributed by atoms with Crippen molar-refractivity contribution in [3.63, 3.8) is 0 Å². The van der Waals surface area contributed by atoms with E-state index in [9.17, 15) is 9.59 Å². The van der Waals surface area contributed by atoms with Gasteiger partial charge in [-0.1, -0.05) is 6.07 Å². The highest BCUT2D eigenvalue weighted by atomic mass is 16.2. The maximum atomic E-state index is 12.0. The van der Waals surface area contributed by atoms with Gasteiger partial charge < -0.3 is 21.3 Å². The van der Waals surface area contributed by atoms with E-state index in [1.807, 2.05) is 19.1 Å². The third-order valence-corrected chi connectivity index (χ3v) is 3.55. The molecule has 0 bridgehead atoms. The van der Waals surface area contributed by atoms with Crippen LogP contribution in [0, 0.1) is 6.92 Å². The van der Waals surface area contributed by atoms with Crippen LogP contribution in [0.3, 0.4) is 0 Å². The van der Waals surface area contributed by atoms with Crippen molar-refractivity contribution in [1.82, 2.24) is 15.2 Å². The summed E-state index contributed by atoms with van der Waals surface area (Å²) < 4.78 is 0. The van der Waals surface area contributed by atoms with E-state index in [1.165, 1.54) is 4.90 Å². The van der Waals surface area contributed by atoms with Crippen LogP contribution in [0.25, 0.3) is 0 Å². The minimum Gasteiger partial charge on any atom is -0.368 e. The number of carbonyl (C=O) groups is 2. The number of carbonyl (C=O) groups excluding carboxylic acids is 2. The number of aryl methyl sites for hydroxylation is 1. The zero-order chi connectivity index (χ0) is 15.2. The number of anilines is 1. The van der Waals surface area contributed by atoms with Crippen LogP contribution < -0.4 is 16.4 Å². The number of urea groups is 1. The van der Waals surface area contributed by atoms with Gasteiger partial charge in [-0.2, -0.15) is 0 Å². The predicted molar refractivity (Wildman–Crippen MR) is 79.8 cm³/mol. The molecule has 1 aliphatic rings. The number of nitrogens with zero attached hydrogens (tertiary/aromatic N) is 2. The van der Waals surface area contributed by atoms with Gasteiger partial charge in [-0.15, -0.1) is 0 Å². The standard InChI is InChI=1S/C14H21N5O2/c1-10-4-2-6-16-13(10)17-7-8-18-14(21)19-9-3-5-11(19)12(15)20/h2,4,6,11H,3,5,7-9H2,1H3,(H2,15,20)(H,16,17)(H,18,21)/t11-/m1/s1. The normalized spacial score (nSPS) is 17.6. The monoisotopic (exact) mass is 291 g/mol. The molecule has 0 saturated carbocycles. The van der Waals surface area contributed by atoms with Crippen LogP contribution in [0.5, 0.6) is 0 Å². The largest absolute Gasteiger partial charge is 0.368 e. The van der Waals surface area contributed by atoms with Crippen LogP contribution >= 0.6 is 0 Å². The Kier molecular flexibility index (Phi) is 4.97. The third-order valence-electron chi connectivity index (χ3n) is 3.55. The van der Waals surface area contributed by atoms with Crippen LogP contribution in [0.15, 0.2) is 18.3 Å². The first-order valence-corrected chi connectivity index (χ1v) is 7.09. The summed E-state index contributed by atoms with van der Waals surface area (Å²) in [5.41, 5.74) is 6.35. The Morgan fingerprint density at radius 1 is 1.48 bits per heavy atom. The number of rotatable bonds is 5. The number of amides is 3. The van der Waals surface area contributed by atoms with E-state index in [1.54, 1.807) is 6.20 Å². The fraction of sp³-hybridized carbons (Fsp3) is 0.500. The highest BCUT2D eigenvalue weighted by Crippen LogP contribution is 2.16. The van der Waals surface area contributed by atoms with E-state index in [-0.39, 0.29) is 6.03 Å². The molecule has 2 rings (SSSR count). The Labute approximate surface area is 123 Å². The number of aromatic nitrogens is 1. The number of nitrogens with two attached hydrogens (primary N) is 1. The molecule has 2 heterocycles. The van der Waals surface area contributed by atoms with Gasteiger partial charge in [0.05, 0.1) is 0 Å². The Hall–Kier alpha value is -2.31. The quantitative estimate of drug-likeness (QED) is 0.686. The van der Waals surface area contributed by atoms with E-state index in [2.05, 4.69) is 15.6 Å². The molecule has 1 aromatic heterocycles. The topological polar surface area (TPSA) is 100 Å². The number of nitrogens with one attached hydrogen (secondary N) is 2. The zero-order valence-corrected chi connectivity index (χ0v) is 12.1. The summed E-state index contributed by atoms with van der Waals surface area (Å²) in [4.78, 5) is 29.0. The van der Waals surface area contributed by atoms with Crippen LogP contribution in [-0.2, 0) is 4.79 Å². The van der Waals surface area contributed by atoms with Gasteiger partial charge in [-0.3, -0.25) is 4.79 Å². The molecule has 0 radical (unpaired) electrons. The van der Waals surface area contributed by atoms with Crippen molar-refractivity contribution in [1.29, 1.82) is 0 Å². The van der Waals surface area contributed by atoms with Gasteiger partial charge >= 0.3 is 6.03 Å². The van der Waals surface area contributed by atoms with Crippen LogP contribution in [0.4, 0.5) is 10.6 Å². The Morgan fingerprint density at radius 2 is 2.29 bits per heavy atom. The molecule has 1 fully saturated rings. The van der Waals surface area contributed by atoms with E-state index < -0.39 is 11.9 Å². The Balaban J connectivity index is 1.75. The van der Waals surface area contributed by atoms with Crippen molar-refractivity contribution in [2.75, 3.05) is 25.0 Å². The van der Waals surface area contributed by atoms with E-state index in [0.29, 0.717) is 26.1 Å². The second-order valence-corrected chi connectivity index (χ2v) is 5.08. The molecule has 21 heavy (non-hydrogen) atoms. The molecule has 1 aliphatic heterocycles. The summed E-state index contributed by atoms with van der Waals surface area (Å²) in [7, 11) is 0. The highest BCUT2D eigenvalue weighted by molar-refractivity contribution is 5.86. The number of pyridine rings is 1. The van der Waals surface area contributed by atoms with E-state index >= 15 is 0 Å². The van der Waals surface area contributed by atoms with E-state index in [4.69, 9.17) is 5.73 Å². The minimum absolute atomic E-state index is 0.240. The molecule has 114 valence electrons. The van der Waals surface area contributed by atoms with Gasteiger partial charge in [-0.25, -0.2) is 9.78 Å². The van der Waals surface area contributed by atoms with Crippen molar-refractivity contribution in [2.24, 2.45) is 5.73 Å². The molecule has 1 atom stereocenters. The lowest BCUT2D eigenvalue weighted by molar-refractivity contribution is -0.121. The Bertz CT molecular complexity index is 520.